The number of Topliss-reactive ketones (excluding diaryl/α,β-unsaturated/α-hetero) is 1. The van der Waals surface area contributed by atoms with Crippen LogP contribution in [0.5, 0.6) is 0 Å². The summed E-state index contributed by atoms with van der Waals surface area (Å²) >= 11 is 17.6. The molecule has 0 radical (unpaired) electrons. The van der Waals surface area contributed by atoms with Gasteiger partial charge in [-0.1, -0.05) is 22.3 Å². The molecule has 0 rings (SSSR count). The summed E-state index contributed by atoms with van der Waals surface area (Å²) < 4.78 is 0. The molecule has 0 aliphatic rings. The van der Waals surface area contributed by atoms with E-state index in [2.05, 4.69) is 44.8 Å². The van der Waals surface area contributed by atoms with Crippen molar-refractivity contribution in [1.82, 2.24) is 0 Å². The zero-order chi connectivity index (χ0) is 17.5. The molecule has 0 saturated carbocycles. The van der Waals surface area contributed by atoms with Gasteiger partial charge in [-0.25, -0.2) is 0 Å². The van der Waals surface area contributed by atoms with Gasteiger partial charge in [-0.2, -0.15) is 0 Å². The third kappa shape index (κ3) is 157. The Bertz CT molecular complexity index is 585. The summed E-state index contributed by atoms with van der Waals surface area (Å²) in [7, 11) is 13.6. The van der Waals surface area contributed by atoms with Crippen LogP contribution in [0.1, 0.15) is 43.1 Å². The van der Waals surface area contributed by atoms with Crippen LogP contribution in [0.4, 0.5) is 0 Å². The molecule has 16 heteroatoms. The van der Waals surface area contributed by atoms with Crippen LogP contribution in [-0.2, 0) is 134 Å². The monoisotopic (exact) mass is 582 g/mol. The number of hydrogen-bond donors (Lipinski definition) is 1. The van der Waals surface area contributed by atoms with Crippen molar-refractivity contribution in [1.29, 1.82) is 0 Å². The Morgan fingerprint density at radius 1 is 0.667 bits per heavy atom. The summed E-state index contributed by atoms with van der Waals surface area (Å²) in [5, 5.41) is 7.42. The predicted molar refractivity (Wildman–Crippen MR) is 146 cm³/mol. The number of carbonyl (C=O) groups is 2. The molecule has 0 unspecified atom stereocenters. The molecular formula is C8H22O3S13. The second-order valence-electron chi connectivity index (χ2n) is 2.04. The fraction of sp³-hybridized carbons (Fsp3) is 0.750. The quantitative estimate of drug-likeness (QED) is 0.471. The minimum atomic E-state index is -0.833. The molecule has 0 aromatic carbocycles. The van der Waals surface area contributed by atoms with Crippen molar-refractivity contribution in [3.8, 4) is 0 Å². The normalized spacial score (nSPS) is 5.46. The Hall–Kier alpha value is 2.00. The lowest BCUT2D eigenvalue weighted by Gasteiger charge is -1.59. The standard InChI is InChI=1S/C3H6O.C2H4O2.3CH4.S10.S3/c1-3(2)4;1-2(3)4;;;;1-3-5-7-9-10-8-6-4-2;1-3-2/h1-2H3;1H3,(H,3,4);3*1H4;;. The molecule has 0 fully saturated rings. The van der Waals surface area contributed by atoms with Crippen LogP contribution in [0.25, 0.3) is 0 Å². The number of carboxylic acid groups (broad SMARTS) is 1. The maximum Gasteiger partial charge on any atom is 0.300 e. The highest BCUT2D eigenvalue weighted by Gasteiger charge is 1.65. The number of ketones is 1. The number of hydrogen-bond acceptors (Lipinski definition) is 6. The van der Waals surface area contributed by atoms with Crippen LogP contribution in [0.2, 0.25) is 0 Å². The number of carboxylic acids is 1. The Morgan fingerprint density at radius 2 is 0.792 bits per heavy atom. The van der Waals surface area contributed by atoms with Crippen LogP contribution < -0.4 is 0 Å². The van der Waals surface area contributed by atoms with E-state index in [9.17, 15) is 4.79 Å². The van der Waals surface area contributed by atoms with Gasteiger partial charge in [-0.15, -0.1) is 0 Å². The molecule has 0 aromatic heterocycles. The second kappa shape index (κ2) is 49.8. The van der Waals surface area contributed by atoms with Gasteiger partial charge in [0.1, 0.15) is 5.78 Å². The highest BCUT2D eigenvalue weighted by molar-refractivity contribution is 8.73. The van der Waals surface area contributed by atoms with Crippen molar-refractivity contribution in [2.75, 3.05) is 0 Å². The third-order valence-corrected chi connectivity index (χ3v) is 15.7. The lowest BCUT2D eigenvalue weighted by atomic mass is 10.6. The Balaban J connectivity index is -0.0000000353. The SMILES string of the molecule is C.C.C.CC(=O)O.CC(C)=O.S=S=S.S=S=S=S=S=S=S=S=S=S. The molecule has 0 bridgehead atoms. The first-order valence-electron chi connectivity index (χ1n) is 3.97. The summed E-state index contributed by atoms with van der Waals surface area (Å²) in [6.45, 7) is 4.14. The summed E-state index contributed by atoms with van der Waals surface area (Å²) in [6.07, 6.45) is 0. The molecule has 1 N–H and O–H groups in total. The van der Waals surface area contributed by atoms with E-state index in [0.29, 0.717) is 0 Å². The maximum absolute atomic E-state index is 9.44. The molecule has 0 aromatic rings. The van der Waals surface area contributed by atoms with E-state index in [0.717, 1.165) is 15.8 Å². The van der Waals surface area contributed by atoms with Gasteiger partial charge in [0.25, 0.3) is 5.97 Å². The first kappa shape index (κ1) is 45.0. The molecule has 0 spiro atoms. The lowest BCUT2D eigenvalue weighted by molar-refractivity contribution is -0.134. The first-order chi connectivity index (χ1) is 9.79. The van der Waals surface area contributed by atoms with Gasteiger partial charge in [0.2, 0.25) is 0 Å². The van der Waals surface area contributed by atoms with Gasteiger partial charge >= 0.3 is 0 Å². The number of carbonyl (C=O) groups excluding carboxylic acids is 1. The zero-order valence-corrected chi connectivity index (χ0v) is 21.2. The van der Waals surface area contributed by atoms with Gasteiger partial charge < -0.3 is 9.90 Å². The predicted octanol–water partition coefficient (Wildman–Crippen LogP) is 2.56. The molecule has 0 heterocycles. The van der Waals surface area contributed by atoms with Gasteiger partial charge in [0.05, 0.1) is 0 Å². The molecule has 150 valence electrons. The van der Waals surface area contributed by atoms with E-state index in [1.807, 2.05) is 0 Å². The van der Waals surface area contributed by atoms with Crippen molar-refractivity contribution < 1.29 is 14.7 Å². The minimum Gasteiger partial charge on any atom is -0.481 e. The number of rotatable bonds is 0. The smallest absolute Gasteiger partial charge is 0.300 e. The van der Waals surface area contributed by atoms with Crippen LogP contribution in [0, 0.1) is 0 Å². The Labute approximate surface area is 191 Å². The molecule has 24 heavy (non-hydrogen) atoms. The molecule has 0 aliphatic heterocycles. The van der Waals surface area contributed by atoms with Crippen LogP contribution in [-0.4, -0.2) is 16.9 Å². The molecular weight excluding hydrogens is 561 g/mol. The van der Waals surface area contributed by atoms with E-state index in [1.165, 1.54) is 31.6 Å². The van der Waals surface area contributed by atoms with Gasteiger partial charge in [0, 0.05) is 132 Å². The molecule has 0 amide bonds. The van der Waals surface area contributed by atoms with Crippen molar-refractivity contribution in [3.63, 3.8) is 0 Å². The summed E-state index contributed by atoms with van der Waals surface area (Å²) in [6, 6.07) is 0. The fourth-order valence-corrected chi connectivity index (χ4v) is 16.5. The van der Waals surface area contributed by atoms with E-state index in [4.69, 9.17) is 9.90 Å². The van der Waals surface area contributed by atoms with Crippen molar-refractivity contribution >= 4 is 136 Å². The third-order valence-electron chi connectivity index (χ3n) is 0.194. The molecule has 0 atom stereocenters. The van der Waals surface area contributed by atoms with Crippen LogP contribution in [0.3, 0.4) is 0 Å². The Kier molecular flexibility index (Phi) is 93.5. The lowest BCUT2D eigenvalue weighted by Crippen LogP contribution is -1.78. The highest BCUT2D eigenvalue weighted by Crippen LogP contribution is 1.50. The average Bonchev–Trinajstić information content (AvgIpc) is 2.33. The zero-order valence-electron chi connectivity index (χ0n) is 10.6. The van der Waals surface area contributed by atoms with Crippen molar-refractivity contribution in [3.05, 3.63) is 0 Å². The van der Waals surface area contributed by atoms with Crippen molar-refractivity contribution in [2.45, 2.75) is 43.1 Å². The fourth-order valence-electron chi connectivity index (χ4n) is 0.0680. The highest BCUT2D eigenvalue weighted by atomic mass is 33.4. The average molecular weight is 583 g/mol. The van der Waals surface area contributed by atoms with E-state index < -0.39 is 5.97 Å². The van der Waals surface area contributed by atoms with Crippen LogP contribution >= 0.6 is 0 Å². The maximum atomic E-state index is 9.44. The van der Waals surface area contributed by atoms with Gasteiger partial charge in [0.15, 0.2) is 0 Å². The molecule has 0 saturated heterocycles. The minimum absolute atomic E-state index is 0. The van der Waals surface area contributed by atoms with Gasteiger partial charge in [-0.05, 0) is 13.8 Å². The summed E-state index contributed by atoms with van der Waals surface area (Å²) in [5.74, 6) is -0.667. The topological polar surface area (TPSA) is 54.4 Å². The van der Waals surface area contributed by atoms with E-state index >= 15 is 0 Å². The first-order valence-corrected chi connectivity index (χ1v) is 18.6. The largest absolute Gasteiger partial charge is 0.481 e. The van der Waals surface area contributed by atoms with Gasteiger partial charge in [-0.3, -0.25) is 4.79 Å². The molecule has 3 nitrogen and oxygen atoms in total. The summed E-state index contributed by atoms with van der Waals surface area (Å²) in [5.41, 5.74) is 0. The summed E-state index contributed by atoms with van der Waals surface area (Å²) in [4.78, 5) is 18.4. The Morgan fingerprint density at radius 3 is 0.917 bits per heavy atom. The van der Waals surface area contributed by atoms with E-state index in [1.54, 1.807) is 53.3 Å². The number of aliphatic carboxylic acids is 1. The van der Waals surface area contributed by atoms with Crippen LogP contribution in [0.15, 0.2) is 0 Å². The van der Waals surface area contributed by atoms with Crippen molar-refractivity contribution in [2.24, 2.45) is 0 Å². The second-order valence-corrected chi connectivity index (χ2v) is 18.0. The molecule has 0 aliphatic carbocycles. The van der Waals surface area contributed by atoms with E-state index in [-0.39, 0.29) is 28.1 Å².